The van der Waals surface area contributed by atoms with Gasteiger partial charge < -0.3 is 9.84 Å². The average Bonchev–Trinajstić information content (AvgIpc) is 2.89. The zero-order chi connectivity index (χ0) is 16.3. The number of carbonyl (C=O) groups is 1. The number of carboxylic acid groups (broad SMARTS) is 1. The monoisotopic (exact) mass is 325 g/mol. The third kappa shape index (κ3) is 3.43. The number of nitrogens with zero attached hydrogens (tertiary/aromatic N) is 2. The minimum atomic E-state index is -3.89. The summed E-state index contributed by atoms with van der Waals surface area (Å²) >= 11 is 0. The first-order chi connectivity index (χ1) is 10.3. The molecule has 2 N–H and O–H groups in total. The first-order valence-corrected chi connectivity index (χ1v) is 7.72. The van der Waals surface area contributed by atoms with E-state index in [0.717, 1.165) is 16.3 Å². The lowest BCUT2D eigenvalue weighted by atomic mass is 10.2. The predicted molar refractivity (Wildman–Crippen MR) is 77.2 cm³/mol. The van der Waals surface area contributed by atoms with Crippen LogP contribution in [0.5, 0.6) is 5.75 Å². The molecule has 0 aliphatic heterocycles. The summed E-state index contributed by atoms with van der Waals surface area (Å²) in [6.07, 6.45) is 0. The number of methoxy groups -OCH3 is 1. The van der Waals surface area contributed by atoms with Crippen LogP contribution in [0.25, 0.3) is 0 Å². The van der Waals surface area contributed by atoms with Gasteiger partial charge in [0.25, 0.3) is 10.0 Å². The highest BCUT2D eigenvalue weighted by Gasteiger charge is 2.21. The Morgan fingerprint density at radius 2 is 2.00 bits per heavy atom. The molecule has 1 aromatic heterocycles. The van der Waals surface area contributed by atoms with Crippen molar-refractivity contribution in [3.05, 3.63) is 41.6 Å². The number of hydrogen-bond donors (Lipinski definition) is 2. The van der Waals surface area contributed by atoms with Crippen molar-refractivity contribution in [3.63, 3.8) is 0 Å². The number of hydrogen-bond acceptors (Lipinski definition) is 5. The zero-order valence-corrected chi connectivity index (χ0v) is 12.8. The topological polar surface area (TPSA) is 111 Å². The van der Waals surface area contributed by atoms with E-state index in [0.29, 0.717) is 5.75 Å². The maximum absolute atomic E-state index is 12.1. The van der Waals surface area contributed by atoms with E-state index in [9.17, 15) is 13.2 Å². The van der Waals surface area contributed by atoms with Gasteiger partial charge in [-0.2, -0.15) is 5.10 Å². The van der Waals surface area contributed by atoms with E-state index in [1.54, 1.807) is 31.4 Å². The van der Waals surface area contributed by atoms with Crippen LogP contribution < -0.4 is 9.46 Å². The lowest BCUT2D eigenvalue weighted by Crippen LogP contribution is -2.23. The SMILES string of the molecule is COc1ccc(CNS(=O)(=O)c2cc(C(=O)O)n(C)n2)cc1. The molecule has 8 nitrogen and oxygen atoms in total. The minimum absolute atomic E-state index is 0.0608. The fraction of sp³-hybridized carbons (Fsp3) is 0.231. The van der Waals surface area contributed by atoms with Gasteiger partial charge in [0, 0.05) is 19.7 Å². The molecular formula is C13H15N3O5S. The smallest absolute Gasteiger partial charge is 0.354 e. The molecule has 0 spiro atoms. The summed E-state index contributed by atoms with van der Waals surface area (Å²) in [7, 11) is -0.978. The summed E-state index contributed by atoms with van der Waals surface area (Å²) in [5.41, 5.74) is 0.531. The molecule has 0 bridgehead atoms. The number of ether oxygens (including phenoxy) is 1. The molecule has 2 rings (SSSR count). The van der Waals surface area contributed by atoms with Gasteiger partial charge in [-0.15, -0.1) is 0 Å². The highest BCUT2D eigenvalue weighted by molar-refractivity contribution is 7.89. The van der Waals surface area contributed by atoms with Gasteiger partial charge in [0.1, 0.15) is 11.4 Å². The van der Waals surface area contributed by atoms with Gasteiger partial charge in [-0.05, 0) is 17.7 Å². The van der Waals surface area contributed by atoms with Gasteiger partial charge in [0.2, 0.25) is 0 Å². The van der Waals surface area contributed by atoms with Crippen LogP contribution in [-0.4, -0.2) is 36.4 Å². The van der Waals surface area contributed by atoms with Crippen LogP contribution in [0.2, 0.25) is 0 Å². The number of aromatic nitrogens is 2. The van der Waals surface area contributed by atoms with Crippen LogP contribution in [0.4, 0.5) is 0 Å². The van der Waals surface area contributed by atoms with Crippen molar-refractivity contribution in [2.45, 2.75) is 11.6 Å². The largest absolute Gasteiger partial charge is 0.497 e. The number of nitrogens with one attached hydrogen (secondary N) is 1. The fourth-order valence-corrected chi connectivity index (χ4v) is 2.77. The van der Waals surface area contributed by atoms with Crippen LogP contribution in [0, 0.1) is 0 Å². The quantitative estimate of drug-likeness (QED) is 0.805. The lowest BCUT2D eigenvalue weighted by molar-refractivity contribution is 0.0685. The Bertz CT molecular complexity index is 781. The lowest BCUT2D eigenvalue weighted by Gasteiger charge is -2.05. The Hall–Kier alpha value is -2.39. The van der Waals surface area contributed by atoms with E-state index in [1.165, 1.54) is 7.05 Å². The van der Waals surface area contributed by atoms with Crippen LogP contribution in [-0.2, 0) is 23.6 Å². The molecule has 0 amide bonds. The van der Waals surface area contributed by atoms with Crippen molar-refractivity contribution in [2.24, 2.45) is 7.05 Å². The molecule has 9 heteroatoms. The van der Waals surface area contributed by atoms with E-state index in [2.05, 4.69) is 9.82 Å². The Morgan fingerprint density at radius 1 is 1.36 bits per heavy atom. The molecular weight excluding hydrogens is 310 g/mol. The molecule has 0 aliphatic rings. The highest BCUT2D eigenvalue weighted by atomic mass is 32.2. The molecule has 0 aliphatic carbocycles. The molecule has 0 saturated carbocycles. The number of aryl methyl sites for hydroxylation is 1. The van der Waals surface area contributed by atoms with Crippen LogP contribution in [0.1, 0.15) is 16.1 Å². The number of carboxylic acids is 1. The van der Waals surface area contributed by atoms with E-state index >= 15 is 0 Å². The molecule has 22 heavy (non-hydrogen) atoms. The second-order valence-corrected chi connectivity index (χ2v) is 6.18. The summed E-state index contributed by atoms with van der Waals surface area (Å²) in [6.45, 7) is 0.0608. The predicted octanol–water partition coefficient (Wildman–Crippen LogP) is 0.605. The Balaban J connectivity index is 2.13. The summed E-state index contributed by atoms with van der Waals surface area (Å²) in [5.74, 6) is -0.575. The third-order valence-corrected chi connectivity index (χ3v) is 4.25. The molecule has 0 atom stereocenters. The Morgan fingerprint density at radius 3 is 2.50 bits per heavy atom. The normalized spacial score (nSPS) is 11.4. The van der Waals surface area contributed by atoms with Crippen molar-refractivity contribution < 1.29 is 23.1 Å². The molecule has 0 unspecified atom stereocenters. The van der Waals surface area contributed by atoms with Crippen molar-refractivity contribution in [2.75, 3.05) is 7.11 Å². The Labute approximate surface area is 127 Å². The minimum Gasteiger partial charge on any atom is -0.497 e. The van der Waals surface area contributed by atoms with Gasteiger partial charge in [-0.3, -0.25) is 4.68 Å². The van der Waals surface area contributed by atoms with Crippen molar-refractivity contribution in [1.29, 1.82) is 0 Å². The van der Waals surface area contributed by atoms with Gasteiger partial charge in [-0.25, -0.2) is 17.9 Å². The maximum atomic E-state index is 12.1. The number of rotatable bonds is 6. The second kappa shape index (κ2) is 6.16. The van der Waals surface area contributed by atoms with Gasteiger partial charge in [0.05, 0.1) is 7.11 Å². The van der Waals surface area contributed by atoms with Gasteiger partial charge in [-0.1, -0.05) is 12.1 Å². The second-order valence-electron chi connectivity index (χ2n) is 4.47. The van der Waals surface area contributed by atoms with Gasteiger partial charge >= 0.3 is 5.97 Å². The van der Waals surface area contributed by atoms with Crippen LogP contribution in [0.15, 0.2) is 35.4 Å². The standard InChI is InChI=1S/C13H15N3O5S/c1-16-11(13(17)18)7-12(15-16)22(19,20)14-8-9-3-5-10(21-2)6-4-9/h3-7,14H,8H2,1-2H3,(H,17,18). The molecule has 118 valence electrons. The summed E-state index contributed by atoms with van der Waals surface area (Å²) in [6, 6.07) is 7.89. The number of benzene rings is 1. The summed E-state index contributed by atoms with van der Waals surface area (Å²) in [4.78, 5) is 10.9. The zero-order valence-electron chi connectivity index (χ0n) is 12.0. The first-order valence-electron chi connectivity index (χ1n) is 6.23. The van der Waals surface area contributed by atoms with Crippen LogP contribution >= 0.6 is 0 Å². The van der Waals surface area contributed by atoms with E-state index in [1.807, 2.05) is 0 Å². The van der Waals surface area contributed by atoms with E-state index in [4.69, 9.17) is 9.84 Å². The first kappa shape index (κ1) is 16.0. The average molecular weight is 325 g/mol. The van der Waals surface area contributed by atoms with Crippen molar-refractivity contribution >= 4 is 16.0 Å². The molecule has 0 fully saturated rings. The fourth-order valence-electron chi connectivity index (χ4n) is 1.77. The highest BCUT2D eigenvalue weighted by Crippen LogP contribution is 2.13. The number of sulfonamides is 1. The van der Waals surface area contributed by atoms with E-state index < -0.39 is 16.0 Å². The van der Waals surface area contributed by atoms with Gasteiger partial charge in [0.15, 0.2) is 5.03 Å². The molecule has 0 saturated heterocycles. The van der Waals surface area contributed by atoms with Crippen molar-refractivity contribution in [1.82, 2.24) is 14.5 Å². The summed E-state index contributed by atoms with van der Waals surface area (Å²) < 4.78 is 32.6. The third-order valence-electron chi connectivity index (χ3n) is 2.98. The van der Waals surface area contributed by atoms with Crippen molar-refractivity contribution in [3.8, 4) is 5.75 Å². The Kier molecular flexibility index (Phi) is 4.48. The maximum Gasteiger partial charge on any atom is 0.354 e. The molecule has 2 aromatic rings. The van der Waals surface area contributed by atoms with Crippen LogP contribution in [0.3, 0.4) is 0 Å². The number of aromatic carboxylic acids is 1. The summed E-state index contributed by atoms with van der Waals surface area (Å²) in [5, 5.41) is 12.3. The molecule has 0 radical (unpaired) electrons. The molecule has 1 heterocycles. The molecule has 1 aromatic carbocycles. The van der Waals surface area contributed by atoms with E-state index in [-0.39, 0.29) is 17.3 Å².